The van der Waals surface area contributed by atoms with E-state index in [9.17, 15) is 19.7 Å². The average Bonchev–Trinajstić information content (AvgIpc) is 3.44. The number of hydrogen-bond acceptors (Lipinski definition) is 5. The molecule has 0 aliphatic heterocycles. The lowest BCUT2D eigenvalue weighted by atomic mass is 10.1. The van der Waals surface area contributed by atoms with Crippen molar-refractivity contribution in [3.8, 4) is 17.5 Å². The van der Waals surface area contributed by atoms with Gasteiger partial charge in [0.25, 0.3) is 0 Å². The molecule has 0 bridgehead atoms. The van der Waals surface area contributed by atoms with Crippen LogP contribution in [0.2, 0.25) is 0 Å². The number of phenolic OH excluding ortho intramolecular Hbond substituents is 1. The summed E-state index contributed by atoms with van der Waals surface area (Å²) in [6, 6.07) is 26.5. The fraction of sp³-hybridized carbons (Fsp3) is 0.0323. The topological polar surface area (TPSA) is 117 Å². The van der Waals surface area contributed by atoms with Crippen LogP contribution in [-0.4, -0.2) is 37.7 Å². The minimum absolute atomic E-state index is 0.0593. The van der Waals surface area contributed by atoms with Gasteiger partial charge in [-0.25, -0.2) is 4.39 Å². The van der Waals surface area contributed by atoms with Gasteiger partial charge in [-0.1, -0.05) is 42.5 Å². The summed E-state index contributed by atoms with van der Waals surface area (Å²) in [7, 11) is 0. The van der Waals surface area contributed by atoms with Gasteiger partial charge in [0.2, 0.25) is 0 Å². The molecule has 39 heavy (non-hydrogen) atoms. The highest BCUT2D eigenvalue weighted by Gasteiger charge is 2.09. The molecule has 0 fully saturated rings. The number of phenols is 1. The Kier molecular flexibility index (Phi) is 7.09. The van der Waals surface area contributed by atoms with Crippen LogP contribution in [0, 0.1) is 12.7 Å². The molecule has 6 rings (SSSR count). The smallest absolute Gasteiger partial charge is 0.198 e. The molecule has 8 heteroatoms. The Hall–Kier alpha value is -5.37. The summed E-state index contributed by atoms with van der Waals surface area (Å²) < 4.78 is 13.4. The zero-order valence-corrected chi connectivity index (χ0v) is 20.9. The van der Waals surface area contributed by atoms with E-state index in [0.717, 1.165) is 21.8 Å². The maximum absolute atomic E-state index is 13.4. The van der Waals surface area contributed by atoms with Crippen molar-refractivity contribution in [3.63, 3.8) is 0 Å². The molecule has 0 spiro atoms. The Morgan fingerprint density at radius 2 is 1.18 bits per heavy atom. The van der Waals surface area contributed by atoms with Crippen LogP contribution < -0.4 is 0 Å². The molecule has 2 aromatic heterocycles. The zero-order valence-electron chi connectivity index (χ0n) is 20.9. The number of benzene rings is 4. The van der Waals surface area contributed by atoms with E-state index in [-0.39, 0.29) is 23.3 Å². The highest BCUT2D eigenvalue weighted by Crippen LogP contribution is 2.28. The minimum Gasteiger partial charge on any atom is -0.508 e. The molecule has 0 aliphatic carbocycles. The molecular weight excluding hydrogens is 495 g/mol. The molecule has 2 heterocycles. The van der Waals surface area contributed by atoms with Gasteiger partial charge in [-0.05, 0) is 55.5 Å². The van der Waals surface area contributed by atoms with Gasteiger partial charge in [0, 0.05) is 39.8 Å². The van der Waals surface area contributed by atoms with E-state index in [1.165, 1.54) is 6.07 Å². The number of aromatic amines is 2. The number of nitrogens with one attached hydrogen (secondary N) is 2. The largest absolute Gasteiger partial charge is 0.508 e. The molecule has 0 saturated carbocycles. The van der Waals surface area contributed by atoms with Crippen molar-refractivity contribution < 1.29 is 19.7 Å². The molecule has 5 N–H and O–H groups in total. The third kappa shape index (κ3) is 5.50. The summed E-state index contributed by atoms with van der Waals surface area (Å²) in [5, 5.41) is 30.8. The normalized spacial score (nSPS) is 11.4. The molecule has 0 saturated heterocycles. The standard InChI is InChI=1S/C16H13FN2O.C15H12N2O2/c1-10-13(17)6-4-8-14(10)18-9-12-11-5-2-3-7-15(11)19-16(12)20;18-11-7-5-10(6-8-11)16-9-13-12-3-1-2-4-14(12)17-15(13)19/h2-9,19-20H,1H3;1-9,17-19H. The summed E-state index contributed by atoms with van der Waals surface area (Å²) in [5.41, 5.74) is 4.71. The van der Waals surface area contributed by atoms with E-state index in [2.05, 4.69) is 20.0 Å². The number of nitrogens with zero attached hydrogens (tertiary/aromatic N) is 2. The summed E-state index contributed by atoms with van der Waals surface area (Å²) in [6.45, 7) is 1.68. The van der Waals surface area contributed by atoms with Crippen molar-refractivity contribution >= 4 is 45.6 Å². The van der Waals surface area contributed by atoms with Crippen molar-refractivity contribution in [2.24, 2.45) is 9.98 Å². The number of para-hydroxylation sites is 2. The number of aromatic hydroxyl groups is 3. The number of fused-ring (bicyclic) bond motifs is 2. The predicted molar refractivity (Wildman–Crippen MR) is 154 cm³/mol. The summed E-state index contributed by atoms with van der Waals surface area (Å²) in [4.78, 5) is 14.3. The first-order valence-corrected chi connectivity index (χ1v) is 12.1. The van der Waals surface area contributed by atoms with Crippen LogP contribution in [0.15, 0.2) is 101 Å². The van der Waals surface area contributed by atoms with Crippen LogP contribution in [0.1, 0.15) is 16.7 Å². The van der Waals surface area contributed by atoms with E-state index < -0.39 is 0 Å². The maximum atomic E-state index is 13.4. The SMILES string of the molecule is Cc1c(F)cccc1N=Cc1c(O)[nH]c2ccccc12.Oc1ccc(N=Cc2c(O)[nH]c3ccccc23)cc1. The molecule has 0 unspecified atom stereocenters. The van der Waals surface area contributed by atoms with Crippen LogP contribution in [0.5, 0.6) is 17.5 Å². The molecule has 4 aromatic carbocycles. The van der Waals surface area contributed by atoms with Gasteiger partial charge in [0.15, 0.2) is 11.8 Å². The number of halogens is 1. The van der Waals surface area contributed by atoms with Crippen molar-refractivity contribution in [1.82, 2.24) is 9.97 Å². The van der Waals surface area contributed by atoms with Gasteiger partial charge >= 0.3 is 0 Å². The number of H-pyrrole nitrogens is 2. The molecule has 0 atom stereocenters. The lowest BCUT2D eigenvalue weighted by Gasteiger charge is -2.00. The second-order valence-corrected chi connectivity index (χ2v) is 8.78. The first-order chi connectivity index (χ1) is 18.9. The third-order valence-electron chi connectivity index (χ3n) is 6.22. The second-order valence-electron chi connectivity index (χ2n) is 8.78. The molecule has 0 aliphatic rings. The predicted octanol–water partition coefficient (Wildman–Crippen LogP) is 7.40. The van der Waals surface area contributed by atoms with Gasteiger partial charge in [0.05, 0.1) is 22.5 Å². The molecule has 194 valence electrons. The maximum Gasteiger partial charge on any atom is 0.198 e. The summed E-state index contributed by atoms with van der Waals surface area (Å²) >= 11 is 0. The molecule has 7 nitrogen and oxygen atoms in total. The summed E-state index contributed by atoms with van der Waals surface area (Å²) in [6.07, 6.45) is 3.16. The second kappa shape index (κ2) is 10.9. The Balaban J connectivity index is 0.000000158. The van der Waals surface area contributed by atoms with Gasteiger partial charge in [-0.15, -0.1) is 0 Å². The number of aromatic nitrogens is 2. The fourth-order valence-electron chi connectivity index (χ4n) is 4.11. The highest BCUT2D eigenvalue weighted by molar-refractivity contribution is 6.03. The van der Waals surface area contributed by atoms with Crippen molar-refractivity contribution in [1.29, 1.82) is 0 Å². The number of hydrogen-bond donors (Lipinski definition) is 5. The van der Waals surface area contributed by atoms with Gasteiger partial charge in [-0.3, -0.25) is 9.98 Å². The molecule has 6 aromatic rings. The first kappa shape index (κ1) is 25.3. The fourth-order valence-corrected chi connectivity index (χ4v) is 4.11. The number of rotatable bonds is 4. The van der Waals surface area contributed by atoms with E-state index in [4.69, 9.17) is 0 Å². The Morgan fingerprint density at radius 1 is 0.641 bits per heavy atom. The van der Waals surface area contributed by atoms with E-state index >= 15 is 0 Å². The van der Waals surface area contributed by atoms with Crippen LogP contribution in [0.3, 0.4) is 0 Å². The monoisotopic (exact) mass is 520 g/mol. The zero-order chi connectivity index (χ0) is 27.4. The van der Waals surface area contributed by atoms with Crippen molar-refractivity contribution in [2.45, 2.75) is 6.92 Å². The van der Waals surface area contributed by atoms with Gasteiger partial charge in [-0.2, -0.15) is 0 Å². The van der Waals surface area contributed by atoms with E-state index in [1.54, 1.807) is 55.8 Å². The van der Waals surface area contributed by atoms with Crippen LogP contribution in [-0.2, 0) is 0 Å². The quantitative estimate of drug-likeness (QED) is 0.156. The number of aliphatic imine (C=N–C) groups is 2. The Labute approximate surface area is 223 Å². The minimum atomic E-state index is -0.289. The van der Waals surface area contributed by atoms with E-state index in [0.29, 0.717) is 28.1 Å². The average molecular weight is 521 g/mol. The molecule has 0 amide bonds. The van der Waals surface area contributed by atoms with Crippen LogP contribution in [0.25, 0.3) is 21.8 Å². The molecule has 0 radical (unpaired) electrons. The van der Waals surface area contributed by atoms with Crippen molar-refractivity contribution in [2.75, 3.05) is 0 Å². The Morgan fingerprint density at radius 3 is 1.77 bits per heavy atom. The Bertz CT molecular complexity index is 1820. The third-order valence-corrected chi connectivity index (χ3v) is 6.22. The highest BCUT2D eigenvalue weighted by atomic mass is 19.1. The van der Waals surface area contributed by atoms with Crippen LogP contribution in [0.4, 0.5) is 15.8 Å². The first-order valence-electron chi connectivity index (χ1n) is 12.1. The molecular formula is C31H25FN4O3. The van der Waals surface area contributed by atoms with Crippen LogP contribution >= 0.6 is 0 Å². The van der Waals surface area contributed by atoms with Crippen molar-refractivity contribution in [3.05, 3.63) is 114 Å². The van der Waals surface area contributed by atoms with Gasteiger partial charge < -0.3 is 25.3 Å². The van der Waals surface area contributed by atoms with Gasteiger partial charge in [0.1, 0.15) is 11.6 Å². The van der Waals surface area contributed by atoms with E-state index in [1.807, 2.05) is 48.5 Å². The lowest BCUT2D eigenvalue weighted by Crippen LogP contribution is -1.83. The lowest BCUT2D eigenvalue weighted by molar-refractivity contribution is 0.457. The summed E-state index contributed by atoms with van der Waals surface area (Å²) in [5.74, 6) is 0.0735.